The van der Waals surface area contributed by atoms with Gasteiger partial charge in [0.1, 0.15) is 0 Å². The van der Waals surface area contributed by atoms with Crippen LogP contribution in [0, 0.1) is 11.3 Å². The van der Waals surface area contributed by atoms with Crippen molar-refractivity contribution in [2.24, 2.45) is 11.3 Å². The van der Waals surface area contributed by atoms with Crippen LogP contribution in [0.4, 0.5) is 0 Å². The molecule has 3 aliphatic rings. The van der Waals surface area contributed by atoms with Crippen LogP contribution >= 0.6 is 0 Å². The second-order valence-corrected chi connectivity index (χ2v) is 7.00. The molecular weight excluding hydrogens is 208 g/mol. The Bertz CT molecular complexity index is 250. The molecule has 3 aliphatic carbocycles. The minimum atomic E-state index is 0.617. The fourth-order valence-electron chi connectivity index (χ4n) is 3.54. The van der Waals surface area contributed by atoms with Gasteiger partial charge >= 0.3 is 0 Å². The zero-order chi connectivity index (χ0) is 11.7. The first-order valence-corrected chi connectivity index (χ1v) is 7.68. The van der Waals surface area contributed by atoms with Gasteiger partial charge in [0, 0.05) is 25.7 Å². The van der Waals surface area contributed by atoms with Gasteiger partial charge in [-0.15, -0.1) is 0 Å². The van der Waals surface area contributed by atoms with Gasteiger partial charge in [-0.2, -0.15) is 0 Å². The summed E-state index contributed by atoms with van der Waals surface area (Å²) in [5.74, 6) is 1.04. The molecule has 0 atom stereocenters. The van der Waals surface area contributed by atoms with Crippen molar-refractivity contribution in [1.29, 1.82) is 0 Å². The van der Waals surface area contributed by atoms with E-state index < -0.39 is 0 Å². The molecule has 3 saturated carbocycles. The molecule has 0 radical (unpaired) electrons. The highest BCUT2D eigenvalue weighted by Gasteiger charge is 2.37. The van der Waals surface area contributed by atoms with Crippen LogP contribution in [0.3, 0.4) is 0 Å². The van der Waals surface area contributed by atoms with Gasteiger partial charge in [-0.25, -0.2) is 0 Å². The molecule has 1 N–H and O–H groups in total. The van der Waals surface area contributed by atoms with Crippen LogP contribution < -0.4 is 5.32 Å². The topological polar surface area (TPSA) is 15.3 Å². The van der Waals surface area contributed by atoms with Crippen LogP contribution in [0.2, 0.25) is 0 Å². The normalized spacial score (nSPS) is 27.9. The number of nitrogens with zero attached hydrogens (tertiary/aromatic N) is 1. The van der Waals surface area contributed by atoms with E-state index >= 15 is 0 Å². The molecule has 0 aromatic rings. The van der Waals surface area contributed by atoms with E-state index in [1.807, 2.05) is 0 Å². The molecular formula is C15H28N2. The Morgan fingerprint density at radius 3 is 2.41 bits per heavy atom. The van der Waals surface area contributed by atoms with E-state index in [0.29, 0.717) is 5.41 Å². The summed E-state index contributed by atoms with van der Waals surface area (Å²) in [5, 5.41) is 3.79. The van der Waals surface area contributed by atoms with Crippen molar-refractivity contribution >= 4 is 0 Å². The molecule has 0 unspecified atom stereocenters. The summed E-state index contributed by atoms with van der Waals surface area (Å²) < 4.78 is 0. The maximum atomic E-state index is 3.79. The first-order chi connectivity index (χ1) is 8.26. The highest BCUT2D eigenvalue weighted by molar-refractivity contribution is 4.92. The molecule has 17 heavy (non-hydrogen) atoms. The summed E-state index contributed by atoms with van der Waals surface area (Å²) in [5.41, 5.74) is 0.617. The van der Waals surface area contributed by atoms with Gasteiger partial charge in [0.25, 0.3) is 0 Å². The summed E-state index contributed by atoms with van der Waals surface area (Å²) in [7, 11) is 2.34. The van der Waals surface area contributed by atoms with Crippen molar-refractivity contribution < 1.29 is 0 Å². The van der Waals surface area contributed by atoms with E-state index in [9.17, 15) is 0 Å². The second-order valence-electron chi connectivity index (χ2n) is 7.00. The third kappa shape index (κ3) is 3.45. The van der Waals surface area contributed by atoms with Crippen molar-refractivity contribution in [3.63, 3.8) is 0 Å². The summed E-state index contributed by atoms with van der Waals surface area (Å²) in [6.07, 6.45) is 11.7. The lowest BCUT2D eigenvalue weighted by Crippen LogP contribution is -2.42. The third-order valence-electron chi connectivity index (χ3n) is 4.88. The number of hydrogen-bond donors (Lipinski definition) is 1. The molecule has 3 fully saturated rings. The van der Waals surface area contributed by atoms with E-state index in [2.05, 4.69) is 17.3 Å². The Hall–Kier alpha value is -0.0800. The summed E-state index contributed by atoms with van der Waals surface area (Å²) in [6.45, 7) is 3.97. The summed E-state index contributed by atoms with van der Waals surface area (Å²) in [4.78, 5) is 2.62. The van der Waals surface area contributed by atoms with Crippen molar-refractivity contribution in [2.75, 3.05) is 26.7 Å². The summed E-state index contributed by atoms with van der Waals surface area (Å²) in [6, 6.07) is 0.876. The average Bonchev–Trinajstić information content (AvgIpc) is 3.20. The Morgan fingerprint density at radius 2 is 1.82 bits per heavy atom. The van der Waals surface area contributed by atoms with E-state index in [-0.39, 0.29) is 0 Å². The van der Waals surface area contributed by atoms with Crippen LogP contribution in [-0.4, -0.2) is 37.6 Å². The van der Waals surface area contributed by atoms with Crippen molar-refractivity contribution in [3.8, 4) is 0 Å². The van der Waals surface area contributed by atoms with Crippen molar-refractivity contribution in [2.45, 2.75) is 57.4 Å². The predicted molar refractivity (Wildman–Crippen MR) is 72.1 cm³/mol. The molecule has 2 nitrogen and oxygen atoms in total. The number of nitrogens with one attached hydrogen (secondary N) is 1. The minimum Gasteiger partial charge on any atom is -0.313 e. The highest BCUT2D eigenvalue weighted by Crippen LogP contribution is 2.39. The molecule has 0 aliphatic heterocycles. The fraction of sp³-hybridized carbons (Fsp3) is 1.00. The maximum Gasteiger partial charge on any atom is 0.00684 e. The number of hydrogen-bond acceptors (Lipinski definition) is 2. The first-order valence-electron chi connectivity index (χ1n) is 7.68. The highest BCUT2D eigenvalue weighted by atomic mass is 15.1. The molecule has 0 bridgehead atoms. The van der Waals surface area contributed by atoms with Crippen molar-refractivity contribution in [1.82, 2.24) is 10.2 Å². The average molecular weight is 236 g/mol. The molecule has 0 amide bonds. The standard InChI is InChI=1S/C15H28N2/c1-17(10-13-4-5-13)12-15(8-2-3-9-15)11-16-14-6-7-14/h13-14,16H,2-12H2,1H3. The molecule has 0 spiro atoms. The lowest BCUT2D eigenvalue weighted by molar-refractivity contribution is 0.168. The van der Waals surface area contributed by atoms with Crippen LogP contribution in [0.1, 0.15) is 51.4 Å². The molecule has 0 saturated heterocycles. The summed E-state index contributed by atoms with van der Waals surface area (Å²) >= 11 is 0. The maximum absolute atomic E-state index is 3.79. The molecule has 98 valence electrons. The third-order valence-corrected chi connectivity index (χ3v) is 4.88. The second kappa shape index (κ2) is 4.89. The quantitative estimate of drug-likeness (QED) is 0.731. The number of rotatable bonds is 7. The zero-order valence-corrected chi connectivity index (χ0v) is 11.4. The predicted octanol–water partition coefficient (Wildman–Crippen LogP) is 2.64. The van der Waals surface area contributed by atoms with Gasteiger partial charge in [0.15, 0.2) is 0 Å². The van der Waals surface area contributed by atoms with Crippen LogP contribution in [0.25, 0.3) is 0 Å². The van der Waals surface area contributed by atoms with E-state index in [1.165, 1.54) is 71.0 Å². The Kier molecular flexibility index (Phi) is 3.45. The lowest BCUT2D eigenvalue weighted by Gasteiger charge is -2.34. The van der Waals surface area contributed by atoms with Crippen LogP contribution in [-0.2, 0) is 0 Å². The molecule has 0 aromatic heterocycles. The Balaban J connectivity index is 1.49. The molecule has 0 aromatic carbocycles. The van der Waals surface area contributed by atoms with Gasteiger partial charge in [-0.1, -0.05) is 12.8 Å². The van der Waals surface area contributed by atoms with Crippen molar-refractivity contribution in [3.05, 3.63) is 0 Å². The monoisotopic (exact) mass is 236 g/mol. The zero-order valence-electron chi connectivity index (χ0n) is 11.4. The fourth-order valence-corrected chi connectivity index (χ4v) is 3.54. The molecule has 0 heterocycles. The van der Waals surface area contributed by atoms with Gasteiger partial charge < -0.3 is 10.2 Å². The van der Waals surface area contributed by atoms with Crippen LogP contribution in [0.15, 0.2) is 0 Å². The minimum absolute atomic E-state index is 0.617. The molecule has 3 rings (SSSR count). The Morgan fingerprint density at radius 1 is 1.12 bits per heavy atom. The van der Waals surface area contributed by atoms with Crippen LogP contribution in [0.5, 0.6) is 0 Å². The SMILES string of the molecule is CN(CC1CC1)CC1(CNC2CC2)CCCC1. The van der Waals surface area contributed by atoms with Gasteiger partial charge in [-0.3, -0.25) is 0 Å². The largest absolute Gasteiger partial charge is 0.313 e. The van der Waals surface area contributed by atoms with Gasteiger partial charge in [0.2, 0.25) is 0 Å². The van der Waals surface area contributed by atoms with E-state index in [4.69, 9.17) is 0 Å². The van der Waals surface area contributed by atoms with Gasteiger partial charge in [0.05, 0.1) is 0 Å². The van der Waals surface area contributed by atoms with E-state index in [1.54, 1.807) is 0 Å². The Labute approximate surface area is 106 Å². The smallest absolute Gasteiger partial charge is 0.00684 e. The van der Waals surface area contributed by atoms with Gasteiger partial charge in [-0.05, 0) is 56.9 Å². The lowest BCUT2D eigenvalue weighted by atomic mass is 9.85. The van der Waals surface area contributed by atoms with E-state index in [0.717, 1.165) is 12.0 Å². The first kappa shape index (κ1) is 12.0. The molecule has 2 heteroatoms.